The summed E-state index contributed by atoms with van der Waals surface area (Å²) in [6.45, 7) is 0. The summed E-state index contributed by atoms with van der Waals surface area (Å²) in [5, 5.41) is 6.99. The molecule has 2 unspecified atom stereocenters. The largest absolute Gasteiger partial charge is 2.00 e. The number of hydrogen-bond donors (Lipinski definition) is 2. The van der Waals surface area contributed by atoms with Gasteiger partial charge in [-0.15, -0.1) is 18.2 Å². The van der Waals surface area contributed by atoms with E-state index in [4.69, 9.17) is 4.99 Å². The van der Waals surface area contributed by atoms with Gasteiger partial charge in [-0.2, -0.15) is 36.4 Å². The normalized spacial score (nSPS) is 17.6. The maximum absolute atomic E-state index is 4.98. The van der Waals surface area contributed by atoms with Crippen LogP contribution in [0, 0.1) is 43.2 Å². The number of benzene rings is 4. The summed E-state index contributed by atoms with van der Waals surface area (Å²) in [5.41, 5.74) is 6.64. The predicted molar refractivity (Wildman–Crippen MR) is 122 cm³/mol. The quantitative estimate of drug-likeness (QED) is 0.145. The molecule has 2 N–H and O–H groups in total. The van der Waals surface area contributed by atoms with Crippen LogP contribution in [0.5, 0.6) is 0 Å². The van der Waals surface area contributed by atoms with Crippen molar-refractivity contribution in [3.8, 4) is 22.3 Å². The molecule has 5 heteroatoms. The summed E-state index contributed by atoms with van der Waals surface area (Å²) in [4.78, 5) is 4.98. The van der Waals surface area contributed by atoms with E-state index in [1.165, 1.54) is 11.1 Å². The van der Waals surface area contributed by atoms with Gasteiger partial charge in [0.05, 0.1) is 5.84 Å². The zero-order valence-electron chi connectivity index (χ0n) is 17.2. The van der Waals surface area contributed by atoms with Crippen molar-refractivity contribution in [1.82, 2.24) is 10.6 Å². The van der Waals surface area contributed by atoms with Gasteiger partial charge in [0.1, 0.15) is 6.17 Å². The maximum atomic E-state index is 4.98. The Bertz CT molecular complexity index is 1190. The summed E-state index contributed by atoms with van der Waals surface area (Å²) in [7, 11) is 0. The van der Waals surface area contributed by atoms with E-state index in [1.807, 2.05) is 59.0 Å². The van der Waals surface area contributed by atoms with E-state index >= 15 is 0 Å². The van der Waals surface area contributed by atoms with E-state index in [2.05, 4.69) is 83.4 Å². The number of alkyl halides is 1. The minimum absolute atomic E-state index is 0. The van der Waals surface area contributed by atoms with Crippen LogP contribution in [0.4, 0.5) is 0 Å². The average Bonchev–Trinajstić information content (AvgIpc) is 2.85. The first-order valence-electron chi connectivity index (χ1n) is 10.2. The van der Waals surface area contributed by atoms with Gasteiger partial charge in [0.15, 0.2) is 0 Å². The first-order chi connectivity index (χ1) is 15.3. The van der Waals surface area contributed by atoms with E-state index < -0.39 is 0 Å². The van der Waals surface area contributed by atoms with Gasteiger partial charge in [-0.25, -0.2) is 16.4 Å². The number of amidine groups is 1. The number of rotatable bonds is 4. The van der Waals surface area contributed by atoms with Crippen LogP contribution < -0.4 is 33.2 Å². The topological polar surface area (TPSA) is 36.4 Å². The Morgan fingerprint density at radius 2 is 1.53 bits per heavy atom. The van der Waals surface area contributed by atoms with Crippen molar-refractivity contribution in [1.29, 1.82) is 0 Å². The molecule has 0 amide bonds. The third kappa shape index (κ3) is 5.35. The van der Waals surface area contributed by atoms with Gasteiger partial charge in [0.25, 0.3) is 26.8 Å². The Morgan fingerprint density at radius 3 is 2.28 bits per heavy atom. The Labute approximate surface area is 226 Å². The van der Waals surface area contributed by atoms with Crippen LogP contribution >= 0.6 is 0 Å². The van der Waals surface area contributed by atoms with Crippen LogP contribution in [0.25, 0.3) is 22.3 Å². The van der Waals surface area contributed by atoms with Crippen LogP contribution in [-0.2, 0) is 0 Å². The SMILES string of the molecule is [IH+]C1NC(c2c[c-]c(-c3[c-]cccc3)cc2)=NC(c2cccc(-c3ccccc3)c2)N1.[U+2]. The first kappa shape index (κ1) is 23.3. The fraction of sp³-hybridized carbons (Fsp3) is 0.0741. The van der Waals surface area contributed by atoms with Crippen LogP contribution in [-0.4, -0.2) is 10.0 Å². The van der Waals surface area contributed by atoms with Gasteiger partial charge < -0.3 is 5.32 Å². The maximum Gasteiger partial charge on any atom is 2.00 e. The molecule has 1 aliphatic heterocycles. The Hall–Kier alpha value is -1.91. The molecule has 0 aliphatic carbocycles. The monoisotopic (exact) mass is 752 g/mol. The molecule has 0 saturated carbocycles. The molecule has 154 valence electrons. The smallest absolute Gasteiger partial charge is 0.322 e. The number of halogens is 1. The summed E-state index contributed by atoms with van der Waals surface area (Å²) in [6.07, 6.45) is -0.111. The average molecular weight is 752 g/mol. The van der Waals surface area contributed by atoms with Crippen LogP contribution in [0.2, 0.25) is 0 Å². The first-order valence-corrected chi connectivity index (χ1v) is 11.5. The standard InChI is InChI=1S/C27H21IN3.U/c28-27-30-25(22-16-14-21(15-17-22)19-8-3-1-4-9-19)29-26(31-27)24-13-7-12-23(18-24)20-10-5-2-6-11-20;/h1-8,10-14,16-18,26-28,31H,(H,29,30);/q-1;+2. The second-order valence-corrected chi connectivity index (χ2v) is 8.68. The van der Waals surface area contributed by atoms with Gasteiger partial charge in [-0.1, -0.05) is 54.1 Å². The van der Waals surface area contributed by atoms with Crippen LogP contribution in [0.15, 0.2) is 102 Å². The van der Waals surface area contributed by atoms with Gasteiger partial charge in [0, 0.05) is 0 Å². The Morgan fingerprint density at radius 1 is 0.750 bits per heavy atom. The van der Waals surface area contributed by atoms with E-state index in [9.17, 15) is 0 Å². The number of aliphatic imine (C=N–C) groups is 1. The Balaban J connectivity index is 0.00000245. The van der Waals surface area contributed by atoms with Crippen molar-refractivity contribution < 1.29 is 53.7 Å². The number of hydrogen-bond acceptors (Lipinski definition) is 3. The van der Waals surface area contributed by atoms with Gasteiger partial charge in [-0.05, 0) is 22.8 Å². The zero-order chi connectivity index (χ0) is 21.0. The molecule has 0 aromatic heterocycles. The summed E-state index contributed by atoms with van der Waals surface area (Å²) in [5.74, 6) is 0.879. The molecule has 32 heavy (non-hydrogen) atoms. The molecule has 0 fully saturated rings. The second kappa shape index (κ2) is 10.8. The fourth-order valence-corrected chi connectivity index (χ4v) is 4.35. The molecule has 4 aromatic carbocycles. The Kier molecular flexibility index (Phi) is 7.85. The van der Waals surface area contributed by atoms with E-state index in [0.717, 1.165) is 28.1 Å². The number of nitrogens with one attached hydrogen (secondary N) is 2. The third-order valence-corrected chi connectivity index (χ3v) is 5.95. The van der Waals surface area contributed by atoms with Crippen LogP contribution in [0.1, 0.15) is 17.3 Å². The number of nitrogens with zero attached hydrogens (tertiary/aromatic N) is 1. The van der Waals surface area contributed by atoms with Crippen molar-refractivity contribution in [2.75, 3.05) is 0 Å². The fourth-order valence-electron chi connectivity index (χ4n) is 3.66. The van der Waals surface area contributed by atoms with Crippen LogP contribution in [0.3, 0.4) is 0 Å². The predicted octanol–water partition coefficient (Wildman–Crippen LogP) is 1.83. The molecule has 1 heterocycles. The molecule has 2 atom stereocenters. The molecule has 4 aromatic rings. The zero-order valence-corrected chi connectivity index (χ0v) is 23.7. The molecule has 0 spiro atoms. The van der Waals surface area contributed by atoms with Crippen molar-refractivity contribution >= 4 is 5.84 Å². The minimum atomic E-state index is -0.111. The molecule has 5 rings (SSSR count). The molecule has 1 aliphatic rings. The summed E-state index contributed by atoms with van der Waals surface area (Å²) in [6, 6.07) is 39.8. The van der Waals surface area contributed by atoms with Crippen molar-refractivity contribution in [2.24, 2.45) is 4.99 Å². The van der Waals surface area contributed by atoms with Crippen molar-refractivity contribution in [3.05, 3.63) is 120 Å². The van der Waals surface area contributed by atoms with Gasteiger partial charge >= 0.3 is 31.1 Å². The molecule has 0 radical (unpaired) electrons. The molecule has 0 bridgehead atoms. The minimum Gasteiger partial charge on any atom is -0.322 e. The van der Waals surface area contributed by atoms with Crippen molar-refractivity contribution in [2.45, 2.75) is 10.3 Å². The van der Waals surface area contributed by atoms with E-state index in [0.29, 0.717) is 0 Å². The summed E-state index contributed by atoms with van der Waals surface area (Å²) >= 11 is 2.03. The second-order valence-electron chi connectivity index (χ2n) is 7.33. The van der Waals surface area contributed by atoms with Gasteiger partial charge in [-0.3, -0.25) is 4.99 Å². The third-order valence-electron chi connectivity index (χ3n) is 5.23. The summed E-state index contributed by atoms with van der Waals surface area (Å²) < 4.78 is 0.107. The van der Waals surface area contributed by atoms with E-state index in [-0.39, 0.29) is 41.5 Å². The van der Waals surface area contributed by atoms with E-state index in [1.54, 1.807) is 0 Å². The molecule has 3 nitrogen and oxygen atoms in total. The molecule has 0 saturated heterocycles. The van der Waals surface area contributed by atoms with Crippen molar-refractivity contribution in [3.63, 3.8) is 0 Å². The van der Waals surface area contributed by atoms with Gasteiger partial charge in [0.2, 0.25) is 0 Å². The molecular formula is C27H21IN3U+. The molecular weight excluding hydrogens is 731 g/mol.